The summed E-state index contributed by atoms with van der Waals surface area (Å²) in [5.74, 6) is 0.771. The highest BCUT2D eigenvalue weighted by molar-refractivity contribution is 6.31. The lowest BCUT2D eigenvalue weighted by atomic mass is 10.00. The van der Waals surface area contributed by atoms with Gasteiger partial charge >= 0.3 is 0 Å². The van der Waals surface area contributed by atoms with Gasteiger partial charge in [0, 0.05) is 17.6 Å². The average molecular weight is 304 g/mol. The lowest BCUT2D eigenvalue weighted by molar-refractivity contribution is 0.416. The maximum absolute atomic E-state index is 6.14. The van der Waals surface area contributed by atoms with Crippen LogP contribution in [0.15, 0.2) is 24.3 Å². The van der Waals surface area contributed by atoms with Crippen LogP contribution in [0.4, 0.5) is 5.69 Å². The van der Waals surface area contributed by atoms with Crippen LogP contribution in [0.1, 0.15) is 27.8 Å². The lowest BCUT2D eigenvalue weighted by Crippen LogP contribution is -2.05. The minimum absolute atomic E-state index is 0.722. The molecule has 2 rings (SSSR count). The van der Waals surface area contributed by atoms with Crippen molar-refractivity contribution in [1.82, 2.24) is 0 Å². The Hall–Kier alpha value is -1.67. The van der Waals surface area contributed by atoms with Gasteiger partial charge in [-0.1, -0.05) is 29.3 Å². The van der Waals surface area contributed by atoms with Crippen molar-refractivity contribution in [3.05, 3.63) is 57.1 Å². The Morgan fingerprint density at radius 3 is 2.14 bits per heavy atom. The topological polar surface area (TPSA) is 21.3 Å². The zero-order chi connectivity index (χ0) is 15.6. The van der Waals surface area contributed by atoms with Crippen LogP contribution in [0.2, 0.25) is 5.02 Å². The molecule has 0 aliphatic carbocycles. The van der Waals surface area contributed by atoms with Crippen molar-refractivity contribution in [3.63, 3.8) is 0 Å². The van der Waals surface area contributed by atoms with E-state index in [-0.39, 0.29) is 0 Å². The minimum atomic E-state index is 0.722. The number of benzene rings is 2. The van der Waals surface area contributed by atoms with Gasteiger partial charge in [-0.05, 0) is 56.0 Å². The maximum atomic E-state index is 6.14. The fourth-order valence-corrected chi connectivity index (χ4v) is 2.80. The molecule has 0 saturated heterocycles. The Labute approximate surface area is 132 Å². The fraction of sp³-hybridized carbons (Fsp3) is 0.333. The number of nitrogens with one attached hydrogen (secondary N) is 1. The quantitative estimate of drug-likeness (QED) is 0.838. The van der Waals surface area contributed by atoms with Gasteiger partial charge in [0.15, 0.2) is 0 Å². The normalized spacial score (nSPS) is 10.6. The molecular formula is C18H22ClNO. The first-order chi connectivity index (χ1) is 9.92. The standard InChI is InChI=1S/C18H22ClNO/c1-11-6-12(2)15(13(3)7-11)10-20-17-8-14(4)16(19)9-18(17)21-5/h6-9,20H,10H2,1-5H3. The van der Waals surface area contributed by atoms with Crippen LogP contribution in [0, 0.1) is 27.7 Å². The third kappa shape index (κ3) is 3.51. The molecule has 0 atom stereocenters. The van der Waals surface area contributed by atoms with Gasteiger partial charge in [0.25, 0.3) is 0 Å². The summed E-state index contributed by atoms with van der Waals surface area (Å²) >= 11 is 6.14. The molecule has 0 heterocycles. The Bertz CT molecular complexity index is 642. The molecule has 0 aliphatic rings. The van der Waals surface area contributed by atoms with Crippen LogP contribution >= 0.6 is 11.6 Å². The second kappa shape index (κ2) is 6.40. The molecule has 2 aromatic carbocycles. The summed E-state index contributed by atoms with van der Waals surface area (Å²) < 4.78 is 5.40. The summed E-state index contributed by atoms with van der Waals surface area (Å²) in [6.07, 6.45) is 0. The fourth-order valence-electron chi connectivity index (χ4n) is 2.64. The van der Waals surface area contributed by atoms with Gasteiger partial charge in [-0.25, -0.2) is 0 Å². The molecule has 2 aromatic rings. The van der Waals surface area contributed by atoms with Crippen molar-refractivity contribution in [3.8, 4) is 5.75 Å². The van der Waals surface area contributed by atoms with Crippen molar-refractivity contribution in [2.45, 2.75) is 34.2 Å². The van der Waals surface area contributed by atoms with Crippen LogP contribution in [-0.4, -0.2) is 7.11 Å². The molecule has 0 fully saturated rings. The van der Waals surface area contributed by atoms with Gasteiger partial charge in [0.1, 0.15) is 5.75 Å². The molecule has 112 valence electrons. The summed E-state index contributed by atoms with van der Waals surface area (Å²) in [6, 6.07) is 8.32. The Kier molecular flexibility index (Phi) is 4.79. The first-order valence-electron chi connectivity index (χ1n) is 7.07. The lowest BCUT2D eigenvalue weighted by Gasteiger charge is -2.16. The van der Waals surface area contributed by atoms with E-state index < -0.39 is 0 Å². The SMILES string of the molecule is COc1cc(Cl)c(C)cc1NCc1c(C)cc(C)cc1C. The van der Waals surface area contributed by atoms with Crippen LogP contribution in [0.25, 0.3) is 0 Å². The molecule has 0 aromatic heterocycles. The molecule has 1 N–H and O–H groups in total. The molecular weight excluding hydrogens is 282 g/mol. The van der Waals surface area contributed by atoms with E-state index in [4.69, 9.17) is 16.3 Å². The zero-order valence-corrected chi connectivity index (χ0v) is 14.1. The summed E-state index contributed by atoms with van der Waals surface area (Å²) in [5, 5.41) is 4.19. The summed E-state index contributed by atoms with van der Waals surface area (Å²) in [7, 11) is 1.66. The van der Waals surface area contributed by atoms with E-state index in [1.807, 2.05) is 19.1 Å². The van der Waals surface area contributed by atoms with E-state index in [9.17, 15) is 0 Å². The number of aryl methyl sites for hydroxylation is 4. The van der Waals surface area contributed by atoms with Gasteiger partial charge in [-0.3, -0.25) is 0 Å². The van der Waals surface area contributed by atoms with E-state index in [2.05, 4.69) is 38.2 Å². The first-order valence-corrected chi connectivity index (χ1v) is 7.45. The first kappa shape index (κ1) is 15.7. The number of methoxy groups -OCH3 is 1. The zero-order valence-electron chi connectivity index (χ0n) is 13.3. The number of hydrogen-bond donors (Lipinski definition) is 1. The highest BCUT2D eigenvalue weighted by Crippen LogP contribution is 2.31. The molecule has 0 amide bonds. The van der Waals surface area contributed by atoms with Crippen molar-refractivity contribution >= 4 is 17.3 Å². The molecule has 0 unspecified atom stereocenters. The third-order valence-corrected chi connectivity index (χ3v) is 4.18. The molecule has 3 heteroatoms. The van der Waals surface area contributed by atoms with Crippen LogP contribution in [0.3, 0.4) is 0 Å². The predicted octanol–water partition coefficient (Wildman–Crippen LogP) is 5.19. The van der Waals surface area contributed by atoms with E-state index in [0.29, 0.717) is 0 Å². The summed E-state index contributed by atoms with van der Waals surface area (Å²) in [4.78, 5) is 0. The number of halogens is 1. The van der Waals surface area contributed by atoms with Crippen LogP contribution in [0.5, 0.6) is 5.75 Å². The number of ether oxygens (including phenoxy) is 1. The molecule has 2 nitrogen and oxygen atoms in total. The number of anilines is 1. The van der Waals surface area contributed by atoms with Crippen LogP contribution in [-0.2, 0) is 6.54 Å². The monoisotopic (exact) mass is 303 g/mol. The maximum Gasteiger partial charge on any atom is 0.143 e. The Balaban J connectivity index is 2.26. The second-order valence-electron chi connectivity index (χ2n) is 5.53. The molecule has 0 radical (unpaired) electrons. The Morgan fingerprint density at radius 2 is 1.57 bits per heavy atom. The Morgan fingerprint density at radius 1 is 0.952 bits per heavy atom. The molecule has 0 saturated carbocycles. The molecule has 21 heavy (non-hydrogen) atoms. The molecule has 0 spiro atoms. The molecule has 0 bridgehead atoms. The van der Waals surface area contributed by atoms with Gasteiger partial charge < -0.3 is 10.1 Å². The predicted molar refractivity (Wildman–Crippen MR) is 90.7 cm³/mol. The van der Waals surface area contributed by atoms with Gasteiger partial charge in [0.2, 0.25) is 0 Å². The highest BCUT2D eigenvalue weighted by atomic mass is 35.5. The van der Waals surface area contributed by atoms with E-state index in [1.165, 1.54) is 22.3 Å². The molecule has 0 aliphatic heterocycles. The van der Waals surface area contributed by atoms with E-state index in [0.717, 1.165) is 28.6 Å². The van der Waals surface area contributed by atoms with Gasteiger partial charge in [0.05, 0.1) is 12.8 Å². The largest absolute Gasteiger partial charge is 0.495 e. The van der Waals surface area contributed by atoms with Crippen molar-refractivity contribution in [1.29, 1.82) is 0 Å². The van der Waals surface area contributed by atoms with Gasteiger partial charge in [-0.2, -0.15) is 0 Å². The highest BCUT2D eigenvalue weighted by Gasteiger charge is 2.09. The van der Waals surface area contributed by atoms with Crippen molar-refractivity contribution in [2.24, 2.45) is 0 Å². The van der Waals surface area contributed by atoms with Gasteiger partial charge in [-0.15, -0.1) is 0 Å². The van der Waals surface area contributed by atoms with Crippen molar-refractivity contribution in [2.75, 3.05) is 12.4 Å². The summed E-state index contributed by atoms with van der Waals surface area (Å²) in [6.45, 7) is 9.20. The average Bonchev–Trinajstić information content (AvgIpc) is 2.41. The van der Waals surface area contributed by atoms with E-state index >= 15 is 0 Å². The number of rotatable bonds is 4. The van der Waals surface area contributed by atoms with E-state index in [1.54, 1.807) is 7.11 Å². The van der Waals surface area contributed by atoms with Crippen LogP contribution < -0.4 is 10.1 Å². The van der Waals surface area contributed by atoms with Crippen molar-refractivity contribution < 1.29 is 4.74 Å². The smallest absolute Gasteiger partial charge is 0.143 e. The summed E-state index contributed by atoms with van der Waals surface area (Å²) in [5.41, 5.74) is 7.26. The third-order valence-electron chi connectivity index (χ3n) is 3.78. The number of hydrogen-bond acceptors (Lipinski definition) is 2. The minimum Gasteiger partial charge on any atom is -0.495 e. The second-order valence-corrected chi connectivity index (χ2v) is 5.94.